The number of rotatable bonds is 1. The Hall–Kier alpha value is -1.66. The van der Waals surface area contributed by atoms with Crippen molar-refractivity contribution in [2.75, 3.05) is 0 Å². The molecule has 0 bridgehead atoms. The summed E-state index contributed by atoms with van der Waals surface area (Å²) in [6, 6.07) is 1.59. The minimum atomic E-state index is -0.598. The largest absolute Gasteiger partial charge is 0.442 e. The summed E-state index contributed by atoms with van der Waals surface area (Å²) >= 11 is 11.7. The summed E-state index contributed by atoms with van der Waals surface area (Å²) in [7, 11) is 0. The smallest absolute Gasteiger partial charge is 0.435 e. The Balaban J connectivity index is 2.29. The maximum Gasteiger partial charge on any atom is 0.435 e. The van der Waals surface area contributed by atoms with Gasteiger partial charge in [-0.1, -0.05) is 11.6 Å². The molecule has 106 valence electrons. The molecule has 20 heavy (non-hydrogen) atoms. The first-order valence-corrected chi connectivity index (χ1v) is 6.49. The van der Waals surface area contributed by atoms with Crippen molar-refractivity contribution in [3.63, 3.8) is 0 Å². The number of carbonyl (C=O) groups is 1. The van der Waals surface area contributed by atoms with Gasteiger partial charge in [0.2, 0.25) is 5.28 Å². The van der Waals surface area contributed by atoms with E-state index in [0.29, 0.717) is 16.4 Å². The van der Waals surface area contributed by atoms with E-state index < -0.39 is 11.7 Å². The Bertz CT molecular complexity index is 649. The van der Waals surface area contributed by atoms with Gasteiger partial charge in [0.1, 0.15) is 17.0 Å². The fourth-order valence-corrected chi connectivity index (χ4v) is 1.71. The van der Waals surface area contributed by atoms with E-state index in [9.17, 15) is 4.79 Å². The van der Waals surface area contributed by atoms with Gasteiger partial charge in [-0.05, 0) is 38.4 Å². The summed E-state index contributed by atoms with van der Waals surface area (Å²) < 4.78 is 6.27. The van der Waals surface area contributed by atoms with Gasteiger partial charge in [-0.2, -0.15) is 9.78 Å². The van der Waals surface area contributed by atoms with Gasteiger partial charge in [-0.3, -0.25) is 0 Å². The average molecular weight is 315 g/mol. The lowest BCUT2D eigenvalue weighted by Crippen LogP contribution is -2.27. The Morgan fingerprint density at radius 1 is 1.35 bits per heavy atom. The monoisotopic (exact) mass is 314 g/mol. The zero-order valence-electron chi connectivity index (χ0n) is 11.1. The third-order valence-corrected chi connectivity index (χ3v) is 2.59. The maximum atomic E-state index is 11.8. The first kappa shape index (κ1) is 14.7. The molecule has 2 aromatic rings. The molecule has 8 heteroatoms. The third kappa shape index (κ3) is 3.46. The summed E-state index contributed by atoms with van der Waals surface area (Å²) in [5.74, 6) is 0. The van der Waals surface area contributed by atoms with Gasteiger partial charge < -0.3 is 4.74 Å². The summed E-state index contributed by atoms with van der Waals surface area (Å²) in [5, 5.41) is 4.42. The van der Waals surface area contributed by atoms with E-state index in [4.69, 9.17) is 27.9 Å². The van der Waals surface area contributed by atoms with Gasteiger partial charge in [0.05, 0.1) is 11.2 Å². The second-order valence-corrected chi connectivity index (χ2v) is 5.71. The van der Waals surface area contributed by atoms with Gasteiger partial charge >= 0.3 is 6.09 Å². The standard InChI is InChI=1S/C12H12Cl2N4O2/c1-12(2,3)20-11(19)18-5-4-8(17-18)9-7(13)6-15-10(14)16-9/h4-6H,1-3H3. The summed E-state index contributed by atoms with van der Waals surface area (Å²) in [4.78, 5) is 19.6. The number of nitrogens with zero attached hydrogens (tertiary/aromatic N) is 4. The van der Waals surface area contributed by atoms with Gasteiger partial charge in [0.15, 0.2) is 0 Å². The van der Waals surface area contributed by atoms with Crippen LogP contribution < -0.4 is 0 Å². The lowest BCUT2D eigenvalue weighted by molar-refractivity contribution is 0.0515. The van der Waals surface area contributed by atoms with Gasteiger partial charge in [0.25, 0.3) is 0 Å². The molecule has 2 heterocycles. The highest BCUT2D eigenvalue weighted by Gasteiger charge is 2.19. The number of hydrogen-bond donors (Lipinski definition) is 0. The topological polar surface area (TPSA) is 69.9 Å². The third-order valence-electron chi connectivity index (χ3n) is 2.13. The SMILES string of the molecule is CC(C)(C)OC(=O)n1ccc(-c2nc(Cl)ncc2Cl)n1. The van der Waals surface area contributed by atoms with Crippen LogP contribution >= 0.6 is 23.2 Å². The number of ether oxygens (including phenoxy) is 1. The van der Waals surface area contributed by atoms with Crippen LogP contribution in [0.25, 0.3) is 11.4 Å². The van der Waals surface area contributed by atoms with Crippen molar-refractivity contribution in [2.45, 2.75) is 26.4 Å². The molecule has 0 atom stereocenters. The van der Waals surface area contributed by atoms with E-state index in [-0.39, 0.29) is 5.28 Å². The lowest BCUT2D eigenvalue weighted by atomic mass is 10.2. The van der Waals surface area contributed by atoms with Crippen LogP contribution in [0.5, 0.6) is 0 Å². The zero-order valence-corrected chi connectivity index (χ0v) is 12.6. The van der Waals surface area contributed by atoms with Gasteiger partial charge in [-0.15, -0.1) is 0 Å². The fourth-order valence-electron chi connectivity index (χ4n) is 1.39. The van der Waals surface area contributed by atoms with Crippen LogP contribution in [-0.4, -0.2) is 31.4 Å². The molecular formula is C12H12Cl2N4O2. The molecule has 0 fully saturated rings. The van der Waals surface area contributed by atoms with E-state index in [1.54, 1.807) is 26.8 Å². The molecule has 2 aromatic heterocycles. The fraction of sp³-hybridized carbons (Fsp3) is 0.333. The first-order chi connectivity index (χ1) is 9.26. The quantitative estimate of drug-likeness (QED) is 0.754. The molecule has 0 aliphatic carbocycles. The van der Waals surface area contributed by atoms with Crippen molar-refractivity contribution in [2.24, 2.45) is 0 Å². The molecule has 0 aliphatic rings. The Morgan fingerprint density at radius 2 is 2.05 bits per heavy atom. The normalized spacial score (nSPS) is 11.4. The molecule has 0 saturated heterocycles. The highest BCUT2D eigenvalue weighted by Crippen LogP contribution is 2.24. The first-order valence-electron chi connectivity index (χ1n) is 5.74. The van der Waals surface area contributed by atoms with Crippen molar-refractivity contribution in [1.29, 1.82) is 0 Å². The van der Waals surface area contributed by atoms with E-state index in [1.165, 1.54) is 12.4 Å². The second-order valence-electron chi connectivity index (χ2n) is 4.96. The molecule has 2 rings (SSSR count). The van der Waals surface area contributed by atoms with Crippen LogP contribution in [0.4, 0.5) is 4.79 Å². The molecule has 0 saturated carbocycles. The molecule has 6 nitrogen and oxygen atoms in total. The number of hydrogen-bond acceptors (Lipinski definition) is 5. The van der Waals surface area contributed by atoms with Crippen LogP contribution in [0.1, 0.15) is 20.8 Å². The van der Waals surface area contributed by atoms with Crippen LogP contribution in [0.15, 0.2) is 18.5 Å². The van der Waals surface area contributed by atoms with Crippen molar-refractivity contribution >= 4 is 29.3 Å². The molecule has 0 radical (unpaired) electrons. The maximum absolute atomic E-state index is 11.8. The Morgan fingerprint density at radius 3 is 2.70 bits per heavy atom. The molecule has 0 spiro atoms. The average Bonchev–Trinajstić information content (AvgIpc) is 2.79. The molecule has 0 aliphatic heterocycles. The van der Waals surface area contributed by atoms with Crippen LogP contribution in [0.2, 0.25) is 10.3 Å². The molecule has 0 N–H and O–H groups in total. The zero-order chi connectivity index (χ0) is 14.9. The van der Waals surface area contributed by atoms with Crippen molar-refractivity contribution in [3.8, 4) is 11.4 Å². The molecule has 0 aromatic carbocycles. The van der Waals surface area contributed by atoms with Crippen LogP contribution in [-0.2, 0) is 4.74 Å². The van der Waals surface area contributed by atoms with E-state index in [1.807, 2.05) is 0 Å². The minimum Gasteiger partial charge on any atom is -0.442 e. The Labute approximate surface area is 125 Å². The lowest BCUT2D eigenvalue weighted by Gasteiger charge is -2.18. The summed E-state index contributed by atoms with van der Waals surface area (Å²) in [5.41, 5.74) is 0.165. The minimum absolute atomic E-state index is 0.0521. The Kier molecular flexibility index (Phi) is 3.96. The highest BCUT2D eigenvalue weighted by atomic mass is 35.5. The number of aromatic nitrogens is 4. The summed E-state index contributed by atoms with van der Waals surface area (Å²) in [6.07, 6.45) is 2.26. The summed E-state index contributed by atoms with van der Waals surface area (Å²) in [6.45, 7) is 5.32. The predicted molar refractivity (Wildman–Crippen MR) is 74.9 cm³/mol. The molecule has 0 unspecified atom stereocenters. The van der Waals surface area contributed by atoms with Crippen molar-refractivity contribution < 1.29 is 9.53 Å². The van der Waals surface area contributed by atoms with Gasteiger partial charge in [0, 0.05) is 6.20 Å². The molecule has 0 amide bonds. The number of carbonyl (C=O) groups excluding carboxylic acids is 1. The van der Waals surface area contributed by atoms with Gasteiger partial charge in [-0.25, -0.2) is 14.8 Å². The van der Waals surface area contributed by atoms with E-state index in [0.717, 1.165) is 4.68 Å². The van der Waals surface area contributed by atoms with Crippen LogP contribution in [0, 0.1) is 0 Å². The number of halogens is 2. The predicted octanol–water partition coefficient (Wildman–Crippen LogP) is 3.43. The highest BCUT2D eigenvalue weighted by molar-refractivity contribution is 6.33. The van der Waals surface area contributed by atoms with Crippen molar-refractivity contribution in [1.82, 2.24) is 19.7 Å². The van der Waals surface area contributed by atoms with E-state index >= 15 is 0 Å². The van der Waals surface area contributed by atoms with E-state index in [2.05, 4.69) is 15.1 Å². The second kappa shape index (κ2) is 5.38. The van der Waals surface area contributed by atoms with Crippen LogP contribution in [0.3, 0.4) is 0 Å². The molecular weight excluding hydrogens is 303 g/mol. The van der Waals surface area contributed by atoms with Crippen molar-refractivity contribution in [3.05, 3.63) is 28.8 Å².